The molecule has 0 atom stereocenters. The third-order valence-electron chi connectivity index (χ3n) is 5.07. The molecule has 0 aliphatic rings. The Hall–Kier alpha value is -4.13. The molecule has 2 aromatic carbocycles. The number of para-hydroxylation sites is 1. The van der Waals surface area contributed by atoms with E-state index in [-0.39, 0.29) is 18.4 Å². The van der Waals surface area contributed by atoms with Gasteiger partial charge in [-0.25, -0.2) is 4.98 Å². The number of nitrogens with zero attached hydrogens (tertiary/aromatic N) is 2. The summed E-state index contributed by atoms with van der Waals surface area (Å²) in [4.78, 5) is 29.1. The fourth-order valence-electron chi connectivity index (χ4n) is 3.37. The van der Waals surface area contributed by atoms with Gasteiger partial charge in [0.1, 0.15) is 18.0 Å². The fourth-order valence-corrected chi connectivity index (χ4v) is 3.37. The molecular formula is C25H24N4O3. The third-order valence-corrected chi connectivity index (χ3v) is 5.07. The molecule has 7 nitrogen and oxygen atoms in total. The minimum absolute atomic E-state index is 0.112. The van der Waals surface area contributed by atoms with Crippen LogP contribution in [0.1, 0.15) is 27.2 Å². The van der Waals surface area contributed by atoms with Crippen LogP contribution < -0.4 is 15.4 Å². The van der Waals surface area contributed by atoms with Crippen LogP contribution in [0.5, 0.6) is 5.75 Å². The SMILES string of the molecule is Cc1cccc(C)c1NC(=O)CNC(=O)c1ccc(OCc2cn3ccccc3n2)cc1. The normalized spacial score (nSPS) is 10.7. The Kier molecular flexibility index (Phi) is 6.17. The molecule has 7 heteroatoms. The Bertz CT molecular complexity index is 1210. The molecule has 2 aromatic heterocycles. The first-order valence-electron chi connectivity index (χ1n) is 10.3. The van der Waals surface area contributed by atoms with Gasteiger partial charge in [-0.3, -0.25) is 9.59 Å². The van der Waals surface area contributed by atoms with Crippen LogP contribution in [-0.4, -0.2) is 27.7 Å². The second-order valence-corrected chi connectivity index (χ2v) is 7.51. The first-order valence-corrected chi connectivity index (χ1v) is 10.3. The summed E-state index contributed by atoms with van der Waals surface area (Å²) in [6, 6.07) is 18.4. The second-order valence-electron chi connectivity index (χ2n) is 7.51. The summed E-state index contributed by atoms with van der Waals surface area (Å²) < 4.78 is 7.70. The zero-order chi connectivity index (χ0) is 22.5. The van der Waals surface area contributed by atoms with Gasteiger partial charge >= 0.3 is 0 Å². The fraction of sp³-hybridized carbons (Fsp3) is 0.160. The lowest BCUT2D eigenvalue weighted by atomic mass is 10.1. The van der Waals surface area contributed by atoms with Gasteiger partial charge in [-0.1, -0.05) is 24.3 Å². The molecule has 32 heavy (non-hydrogen) atoms. The molecule has 0 unspecified atom stereocenters. The molecule has 0 bridgehead atoms. The smallest absolute Gasteiger partial charge is 0.251 e. The summed E-state index contributed by atoms with van der Waals surface area (Å²) in [6.07, 6.45) is 3.85. The van der Waals surface area contributed by atoms with Gasteiger partial charge in [0.15, 0.2) is 0 Å². The highest BCUT2D eigenvalue weighted by molar-refractivity contribution is 5.99. The number of carbonyl (C=O) groups is 2. The number of fused-ring (bicyclic) bond motifs is 1. The summed E-state index contributed by atoms with van der Waals surface area (Å²) in [6.45, 7) is 4.07. The molecule has 2 heterocycles. The molecule has 4 aromatic rings. The van der Waals surface area contributed by atoms with Gasteiger partial charge < -0.3 is 19.8 Å². The summed E-state index contributed by atoms with van der Waals surface area (Å²) >= 11 is 0. The van der Waals surface area contributed by atoms with Crippen molar-refractivity contribution in [1.82, 2.24) is 14.7 Å². The van der Waals surface area contributed by atoms with Crippen LogP contribution >= 0.6 is 0 Å². The molecule has 0 saturated heterocycles. The number of hydrogen-bond acceptors (Lipinski definition) is 4. The Morgan fingerprint density at radius 2 is 1.72 bits per heavy atom. The predicted octanol–water partition coefficient (Wildman–Crippen LogP) is 3.90. The number of nitrogens with one attached hydrogen (secondary N) is 2. The maximum absolute atomic E-state index is 12.4. The highest BCUT2D eigenvalue weighted by Crippen LogP contribution is 2.19. The number of ether oxygens (including phenoxy) is 1. The molecule has 0 aliphatic carbocycles. The first-order chi connectivity index (χ1) is 15.5. The minimum Gasteiger partial charge on any atom is -0.487 e. The van der Waals surface area contributed by atoms with Crippen LogP contribution in [0.4, 0.5) is 5.69 Å². The zero-order valence-electron chi connectivity index (χ0n) is 18.0. The average Bonchev–Trinajstić information content (AvgIpc) is 3.22. The number of benzene rings is 2. The van der Waals surface area contributed by atoms with Crippen molar-refractivity contribution in [2.75, 3.05) is 11.9 Å². The maximum Gasteiger partial charge on any atom is 0.251 e. The molecule has 0 aliphatic heterocycles. The molecule has 0 radical (unpaired) electrons. The van der Waals surface area contributed by atoms with E-state index in [1.807, 2.05) is 67.0 Å². The lowest BCUT2D eigenvalue weighted by Crippen LogP contribution is -2.33. The van der Waals surface area contributed by atoms with Crippen LogP contribution in [0.2, 0.25) is 0 Å². The number of amides is 2. The Balaban J connectivity index is 1.28. The number of anilines is 1. The van der Waals surface area contributed by atoms with E-state index in [4.69, 9.17) is 4.74 Å². The van der Waals surface area contributed by atoms with Crippen LogP contribution in [0.15, 0.2) is 73.1 Å². The maximum atomic E-state index is 12.4. The van der Waals surface area contributed by atoms with E-state index in [0.29, 0.717) is 17.9 Å². The zero-order valence-corrected chi connectivity index (χ0v) is 18.0. The summed E-state index contributed by atoms with van der Waals surface area (Å²) in [5.74, 6) is 0.0306. The third kappa shape index (κ3) is 4.95. The van der Waals surface area contributed by atoms with Gasteiger partial charge in [0, 0.05) is 23.6 Å². The van der Waals surface area contributed by atoms with Crippen molar-refractivity contribution in [3.8, 4) is 5.75 Å². The van der Waals surface area contributed by atoms with Gasteiger partial charge in [0.05, 0.1) is 12.2 Å². The van der Waals surface area contributed by atoms with Gasteiger partial charge in [-0.05, 0) is 61.4 Å². The molecule has 2 N–H and O–H groups in total. The van der Waals surface area contributed by atoms with Crippen LogP contribution in [0.25, 0.3) is 5.65 Å². The van der Waals surface area contributed by atoms with Crippen molar-refractivity contribution in [3.63, 3.8) is 0 Å². The lowest BCUT2D eigenvalue weighted by Gasteiger charge is -2.12. The summed E-state index contributed by atoms with van der Waals surface area (Å²) in [5.41, 5.74) is 4.85. The van der Waals surface area contributed by atoms with Crippen LogP contribution in [-0.2, 0) is 11.4 Å². The Morgan fingerprint density at radius 1 is 0.969 bits per heavy atom. The van der Waals surface area contributed by atoms with E-state index in [2.05, 4.69) is 15.6 Å². The molecule has 0 fully saturated rings. The minimum atomic E-state index is -0.325. The first kappa shape index (κ1) is 21.1. The van der Waals surface area contributed by atoms with E-state index >= 15 is 0 Å². The van der Waals surface area contributed by atoms with E-state index in [0.717, 1.165) is 28.2 Å². The number of aryl methyl sites for hydroxylation is 2. The monoisotopic (exact) mass is 428 g/mol. The standard InChI is InChI=1S/C25H24N4O3/c1-17-6-5-7-18(2)24(17)28-23(30)14-26-25(31)19-9-11-21(12-10-19)32-16-20-15-29-13-4-3-8-22(29)27-20/h3-13,15H,14,16H2,1-2H3,(H,26,31)(H,28,30). The van der Waals surface area contributed by atoms with E-state index in [1.165, 1.54) is 0 Å². The second kappa shape index (κ2) is 9.34. The number of rotatable bonds is 7. The van der Waals surface area contributed by atoms with E-state index in [1.54, 1.807) is 24.3 Å². The van der Waals surface area contributed by atoms with Crippen molar-refractivity contribution in [2.45, 2.75) is 20.5 Å². The van der Waals surface area contributed by atoms with Crippen LogP contribution in [0.3, 0.4) is 0 Å². The molecule has 0 spiro atoms. The number of pyridine rings is 1. The molecule has 4 rings (SSSR count). The highest BCUT2D eigenvalue weighted by atomic mass is 16.5. The number of carbonyl (C=O) groups excluding carboxylic acids is 2. The summed E-state index contributed by atoms with van der Waals surface area (Å²) in [5, 5.41) is 5.50. The Labute approximate surface area is 186 Å². The summed E-state index contributed by atoms with van der Waals surface area (Å²) in [7, 11) is 0. The van der Waals surface area contributed by atoms with Crippen molar-refractivity contribution < 1.29 is 14.3 Å². The average molecular weight is 428 g/mol. The van der Waals surface area contributed by atoms with Gasteiger partial charge in [-0.2, -0.15) is 0 Å². The van der Waals surface area contributed by atoms with Gasteiger partial charge in [0.25, 0.3) is 5.91 Å². The van der Waals surface area contributed by atoms with E-state index < -0.39 is 0 Å². The molecular weight excluding hydrogens is 404 g/mol. The van der Waals surface area contributed by atoms with Crippen molar-refractivity contribution in [1.29, 1.82) is 0 Å². The molecule has 0 saturated carbocycles. The van der Waals surface area contributed by atoms with Gasteiger partial charge in [-0.15, -0.1) is 0 Å². The number of aromatic nitrogens is 2. The van der Waals surface area contributed by atoms with Crippen LogP contribution in [0, 0.1) is 13.8 Å². The topological polar surface area (TPSA) is 84.7 Å². The highest BCUT2D eigenvalue weighted by Gasteiger charge is 2.11. The van der Waals surface area contributed by atoms with Crippen molar-refractivity contribution in [2.24, 2.45) is 0 Å². The van der Waals surface area contributed by atoms with Crippen molar-refractivity contribution >= 4 is 23.1 Å². The molecule has 162 valence electrons. The largest absolute Gasteiger partial charge is 0.487 e. The number of imidazole rings is 1. The van der Waals surface area contributed by atoms with Crippen molar-refractivity contribution in [3.05, 3.63) is 95.4 Å². The predicted molar refractivity (Wildman–Crippen MR) is 123 cm³/mol. The number of hydrogen-bond donors (Lipinski definition) is 2. The van der Waals surface area contributed by atoms with Gasteiger partial charge in [0.2, 0.25) is 5.91 Å². The van der Waals surface area contributed by atoms with E-state index in [9.17, 15) is 9.59 Å². The quantitative estimate of drug-likeness (QED) is 0.468. The lowest BCUT2D eigenvalue weighted by molar-refractivity contribution is -0.115. The molecule has 2 amide bonds. The Morgan fingerprint density at radius 3 is 2.44 bits per heavy atom.